The maximum Gasteiger partial charge on any atom is 0.246 e. The second-order valence-corrected chi connectivity index (χ2v) is 6.00. The normalized spacial score (nSPS) is 25.6. The average Bonchev–Trinajstić information content (AvgIpc) is 2.67. The molecule has 2 aliphatic heterocycles. The second kappa shape index (κ2) is 5.18. The van der Waals surface area contributed by atoms with Crippen LogP contribution in [0.2, 0.25) is 0 Å². The Morgan fingerprint density at radius 2 is 2.15 bits per heavy atom. The third-order valence-electron chi connectivity index (χ3n) is 3.80. The number of nitrogens with zero attached hydrogens (tertiary/aromatic N) is 1. The van der Waals surface area contributed by atoms with E-state index in [1.165, 1.54) is 11.9 Å². The molecule has 20 heavy (non-hydrogen) atoms. The lowest BCUT2D eigenvalue weighted by atomic mass is 9.99. The van der Waals surface area contributed by atoms with E-state index in [4.69, 9.17) is 4.74 Å². The summed E-state index contributed by atoms with van der Waals surface area (Å²) < 4.78 is 6.59. The van der Waals surface area contributed by atoms with Gasteiger partial charge in [-0.3, -0.25) is 19.8 Å². The average molecular weight is 339 g/mol. The fourth-order valence-corrected chi connectivity index (χ4v) is 3.05. The number of nitrogens with one attached hydrogen (secondary N) is 1. The fraction of sp³-hybridized carbons (Fsp3) is 0.429. The highest BCUT2D eigenvalue weighted by Crippen LogP contribution is 2.34. The molecule has 3 rings (SSSR count). The van der Waals surface area contributed by atoms with Crippen LogP contribution < -0.4 is 10.1 Å². The minimum absolute atomic E-state index is 0.0319. The zero-order chi connectivity index (χ0) is 14.3. The first-order valence-corrected chi connectivity index (χ1v) is 7.34. The topological polar surface area (TPSA) is 58.6 Å². The van der Waals surface area contributed by atoms with Crippen LogP contribution in [-0.4, -0.2) is 36.4 Å². The highest BCUT2D eigenvalue weighted by Gasteiger charge is 2.38. The van der Waals surface area contributed by atoms with E-state index in [0.717, 1.165) is 22.2 Å². The maximum atomic E-state index is 12.0. The number of imide groups is 1. The molecule has 2 unspecified atom stereocenters. The molecule has 2 aliphatic rings. The molecule has 1 saturated heterocycles. The number of likely N-dealkylation sites (N-methyl/N-ethyl adjacent to an activating group) is 1. The monoisotopic (exact) mass is 338 g/mol. The Kier molecular flexibility index (Phi) is 3.52. The Morgan fingerprint density at radius 1 is 1.35 bits per heavy atom. The summed E-state index contributed by atoms with van der Waals surface area (Å²) in [7, 11) is 1.53. The van der Waals surface area contributed by atoms with Gasteiger partial charge in [-0.05, 0) is 18.2 Å². The molecular formula is C14H15BrN2O3. The number of likely N-dealkylation sites (tertiary alicyclic amines) is 1. The van der Waals surface area contributed by atoms with Crippen LogP contribution >= 0.6 is 15.9 Å². The summed E-state index contributed by atoms with van der Waals surface area (Å²) in [6.45, 7) is 0.608. The van der Waals surface area contributed by atoms with Gasteiger partial charge in [0.25, 0.3) is 0 Å². The first-order valence-electron chi connectivity index (χ1n) is 6.55. The molecule has 0 aliphatic carbocycles. The molecule has 6 heteroatoms. The van der Waals surface area contributed by atoms with Crippen molar-refractivity contribution in [3.05, 3.63) is 28.2 Å². The van der Waals surface area contributed by atoms with E-state index in [2.05, 4.69) is 21.2 Å². The number of hydrogen-bond acceptors (Lipinski definition) is 4. The molecule has 5 nitrogen and oxygen atoms in total. The van der Waals surface area contributed by atoms with Crippen LogP contribution in [0.4, 0.5) is 0 Å². The van der Waals surface area contributed by atoms with E-state index >= 15 is 0 Å². The Balaban J connectivity index is 1.82. The van der Waals surface area contributed by atoms with Crippen molar-refractivity contribution < 1.29 is 14.3 Å². The van der Waals surface area contributed by atoms with Crippen molar-refractivity contribution in [2.24, 2.45) is 0 Å². The van der Waals surface area contributed by atoms with Crippen molar-refractivity contribution in [3.63, 3.8) is 0 Å². The highest BCUT2D eigenvalue weighted by atomic mass is 79.9. The molecule has 1 N–H and O–H groups in total. The Labute approximate surface area is 125 Å². The smallest absolute Gasteiger partial charge is 0.246 e. The van der Waals surface area contributed by atoms with Gasteiger partial charge in [-0.1, -0.05) is 15.9 Å². The number of carbonyl (C=O) groups excluding carboxylic acids is 2. The molecule has 1 aromatic carbocycles. The SMILES string of the molecule is CN1C(=O)CC(NC2CCOc3ccc(Br)cc32)C1=O. The lowest BCUT2D eigenvalue weighted by molar-refractivity contribution is -0.137. The molecule has 1 fully saturated rings. The number of rotatable bonds is 2. The number of benzene rings is 1. The third-order valence-corrected chi connectivity index (χ3v) is 4.29. The van der Waals surface area contributed by atoms with Crippen LogP contribution in [-0.2, 0) is 9.59 Å². The van der Waals surface area contributed by atoms with Gasteiger partial charge >= 0.3 is 0 Å². The maximum absolute atomic E-state index is 12.0. The van der Waals surface area contributed by atoms with Gasteiger partial charge in [0.1, 0.15) is 5.75 Å². The summed E-state index contributed by atoms with van der Waals surface area (Å²) in [5, 5.41) is 3.30. The van der Waals surface area contributed by atoms with E-state index in [1.807, 2.05) is 18.2 Å². The lowest BCUT2D eigenvalue weighted by Gasteiger charge is -2.28. The van der Waals surface area contributed by atoms with E-state index in [-0.39, 0.29) is 24.3 Å². The number of halogens is 1. The Hall–Kier alpha value is -1.40. The van der Waals surface area contributed by atoms with Crippen molar-refractivity contribution >= 4 is 27.7 Å². The quantitative estimate of drug-likeness (QED) is 0.832. The van der Waals surface area contributed by atoms with Gasteiger partial charge < -0.3 is 4.74 Å². The summed E-state index contributed by atoms with van der Waals surface area (Å²) in [5.74, 6) is 0.550. The Morgan fingerprint density at radius 3 is 2.85 bits per heavy atom. The number of fused-ring (bicyclic) bond motifs is 1. The second-order valence-electron chi connectivity index (χ2n) is 5.09. The number of amides is 2. The van der Waals surface area contributed by atoms with Crippen molar-refractivity contribution in [2.75, 3.05) is 13.7 Å². The van der Waals surface area contributed by atoms with Gasteiger partial charge in [0.05, 0.1) is 19.1 Å². The minimum Gasteiger partial charge on any atom is -0.493 e. The van der Waals surface area contributed by atoms with Crippen LogP contribution in [0.25, 0.3) is 0 Å². The van der Waals surface area contributed by atoms with Gasteiger partial charge in [-0.15, -0.1) is 0 Å². The molecule has 0 radical (unpaired) electrons. The molecular weight excluding hydrogens is 324 g/mol. The molecule has 106 valence electrons. The van der Waals surface area contributed by atoms with Gasteiger partial charge in [0.15, 0.2) is 0 Å². The number of hydrogen-bond donors (Lipinski definition) is 1. The van der Waals surface area contributed by atoms with E-state index < -0.39 is 6.04 Å². The first-order chi connectivity index (χ1) is 9.56. The third kappa shape index (κ3) is 2.33. The van der Waals surface area contributed by atoms with E-state index in [9.17, 15) is 9.59 Å². The van der Waals surface area contributed by atoms with E-state index in [1.54, 1.807) is 0 Å². The zero-order valence-electron chi connectivity index (χ0n) is 11.1. The largest absolute Gasteiger partial charge is 0.493 e. The number of ether oxygens (including phenoxy) is 1. The molecule has 0 spiro atoms. The molecule has 2 atom stereocenters. The fourth-order valence-electron chi connectivity index (χ4n) is 2.67. The number of carbonyl (C=O) groups is 2. The summed E-state index contributed by atoms with van der Waals surface area (Å²) in [6, 6.07) is 5.45. The summed E-state index contributed by atoms with van der Waals surface area (Å²) in [5.41, 5.74) is 1.03. The molecule has 1 aromatic rings. The van der Waals surface area contributed by atoms with E-state index in [0.29, 0.717) is 6.61 Å². The van der Waals surface area contributed by atoms with Crippen LogP contribution in [0, 0.1) is 0 Å². The molecule has 0 bridgehead atoms. The van der Waals surface area contributed by atoms with Gasteiger partial charge in [-0.2, -0.15) is 0 Å². The van der Waals surface area contributed by atoms with Crippen LogP contribution in [0.3, 0.4) is 0 Å². The summed E-state index contributed by atoms with van der Waals surface area (Å²) in [4.78, 5) is 24.7. The summed E-state index contributed by atoms with van der Waals surface area (Å²) in [6.07, 6.45) is 1.02. The van der Waals surface area contributed by atoms with Crippen LogP contribution in [0.5, 0.6) is 5.75 Å². The van der Waals surface area contributed by atoms with Crippen molar-refractivity contribution in [2.45, 2.75) is 24.9 Å². The molecule has 2 amide bonds. The van der Waals surface area contributed by atoms with Crippen LogP contribution in [0.1, 0.15) is 24.4 Å². The molecule has 0 saturated carbocycles. The van der Waals surface area contributed by atoms with Crippen molar-refractivity contribution in [3.8, 4) is 5.75 Å². The predicted molar refractivity (Wildman–Crippen MR) is 76.3 cm³/mol. The zero-order valence-corrected chi connectivity index (χ0v) is 12.6. The van der Waals surface area contributed by atoms with Gasteiger partial charge in [0, 0.05) is 29.5 Å². The molecule has 0 aromatic heterocycles. The first kappa shape index (κ1) is 13.6. The summed E-state index contributed by atoms with van der Waals surface area (Å²) >= 11 is 3.45. The Bertz CT molecular complexity index is 576. The van der Waals surface area contributed by atoms with Gasteiger partial charge in [-0.25, -0.2) is 0 Å². The predicted octanol–water partition coefficient (Wildman–Crippen LogP) is 1.62. The van der Waals surface area contributed by atoms with Gasteiger partial charge in [0.2, 0.25) is 11.8 Å². The molecule has 2 heterocycles. The van der Waals surface area contributed by atoms with Crippen molar-refractivity contribution in [1.29, 1.82) is 0 Å². The highest BCUT2D eigenvalue weighted by molar-refractivity contribution is 9.10. The standard InChI is InChI=1S/C14H15BrN2O3/c1-17-13(18)7-11(14(17)19)16-10-4-5-20-12-3-2-8(15)6-9(10)12/h2-3,6,10-11,16H,4-5,7H2,1H3. The van der Waals surface area contributed by atoms with Crippen LogP contribution in [0.15, 0.2) is 22.7 Å². The minimum atomic E-state index is -0.428. The lowest BCUT2D eigenvalue weighted by Crippen LogP contribution is -2.40. The van der Waals surface area contributed by atoms with Crippen molar-refractivity contribution in [1.82, 2.24) is 10.2 Å².